The van der Waals surface area contributed by atoms with Gasteiger partial charge in [-0.05, 0) is 48.2 Å². The van der Waals surface area contributed by atoms with E-state index < -0.39 is 0 Å². The Labute approximate surface area is 133 Å². The Morgan fingerprint density at radius 1 is 1.19 bits per heavy atom. The van der Waals surface area contributed by atoms with Gasteiger partial charge in [-0.25, -0.2) is 0 Å². The molecule has 2 aliphatic heterocycles. The van der Waals surface area contributed by atoms with Crippen LogP contribution in [0.2, 0.25) is 0 Å². The first-order chi connectivity index (χ1) is 10.2. The predicted octanol–water partition coefficient (Wildman–Crippen LogP) is 2.36. The standard InChI is InChI=1S/C15H21BrN4O/c16-12-13(10-4-5-10)17-18-14(12)15(21)20-8-7-19-6-2-1-3-11(19)9-20/h10-11H,1-9H2,(H,17,18). The van der Waals surface area contributed by atoms with Crippen LogP contribution in [0.25, 0.3) is 0 Å². The molecule has 1 unspecified atom stereocenters. The highest BCUT2D eigenvalue weighted by molar-refractivity contribution is 9.10. The maximum atomic E-state index is 12.7. The monoisotopic (exact) mass is 352 g/mol. The quantitative estimate of drug-likeness (QED) is 0.888. The molecule has 3 heterocycles. The summed E-state index contributed by atoms with van der Waals surface area (Å²) in [5.74, 6) is 0.652. The average Bonchev–Trinajstić information content (AvgIpc) is 3.29. The van der Waals surface area contributed by atoms with Gasteiger partial charge in [0.25, 0.3) is 5.91 Å². The third kappa shape index (κ3) is 2.52. The molecule has 0 spiro atoms. The van der Waals surface area contributed by atoms with E-state index in [1.807, 2.05) is 4.90 Å². The minimum absolute atomic E-state index is 0.0789. The molecular weight excluding hydrogens is 332 g/mol. The summed E-state index contributed by atoms with van der Waals surface area (Å²) in [5.41, 5.74) is 1.68. The second-order valence-corrected chi connectivity index (χ2v) is 7.30. The van der Waals surface area contributed by atoms with Gasteiger partial charge < -0.3 is 4.90 Å². The van der Waals surface area contributed by atoms with Gasteiger partial charge in [-0.1, -0.05) is 6.42 Å². The fraction of sp³-hybridized carbons (Fsp3) is 0.733. The summed E-state index contributed by atoms with van der Waals surface area (Å²) in [6.07, 6.45) is 6.23. The van der Waals surface area contributed by atoms with Gasteiger partial charge >= 0.3 is 0 Å². The van der Waals surface area contributed by atoms with Gasteiger partial charge in [0, 0.05) is 31.6 Å². The number of nitrogens with one attached hydrogen (secondary N) is 1. The van der Waals surface area contributed by atoms with Crippen LogP contribution in [0.15, 0.2) is 4.47 Å². The Morgan fingerprint density at radius 3 is 2.86 bits per heavy atom. The number of piperidine rings is 1. The van der Waals surface area contributed by atoms with Gasteiger partial charge in [0.15, 0.2) is 5.69 Å². The molecule has 3 aliphatic rings. The van der Waals surface area contributed by atoms with Crippen molar-refractivity contribution in [2.75, 3.05) is 26.2 Å². The van der Waals surface area contributed by atoms with Crippen molar-refractivity contribution < 1.29 is 4.79 Å². The number of halogens is 1. The number of fused-ring (bicyclic) bond motifs is 1. The number of hydrogen-bond acceptors (Lipinski definition) is 3. The van der Waals surface area contributed by atoms with Crippen LogP contribution in [0, 0.1) is 0 Å². The van der Waals surface area contributed by atoms with Crippen LogP contribution in [0.4, 0.5) is 0 Å². The number of carbonyl (C=O) groups is 1. The van der Waals surface area contributed by atoms with E-state index in [4.69, 9.17) is 0 Å². The van der Waals surface area contributed by atoms with Gasteiger partial charge in [0.1, 0.15) is 0 Å². The normalized spacial score (nSPS) is 26.7. The summed E-state index contributed by atoms with van der Waals surface area (Å²) in [5, 5.41) is 7.34. The molecule has 4 rings (SSSR count). The van der Waals surface area contributed by atoms with Crippen LogP contribution in [0.1, 0.15) is 54.2 Å². The summed E-state index contributed by atoms with van der Waals surface area (Å²) in [6, 6.07) is 0.553. The summed E-state index contributed by atoms with van der Waals surface area (Å²) in [7, 11) is 0. The second kappa shape index (κ2) is 5.39. The molecule has 21 heavy (non-hydrogen) atoms. The third-order valence-electron chi connectivity index (χ3n) is 5.05. The highest BCUT2D eigenvalue weighted by Gasteiger charge is 2.35. The summed E-state index contributed by atoms with van der Waals surface area (Å²) < 4.78 is 0.890. The third-order valence-corrected chi connectivity index (χ3v) is 5.85. The van der Waals surface area contributed by atoms with Gasteiger partial charge in [-0.3, -0.25) is 14.8 Å². The maximum Gasteiger partial charge on any atom is 0.275 e. The number of nitrogens with zero attached hydrogens (tertiary/aromatic N) is 3. The van der Waals surface area contributed by atoms with Crippen LogP contribution in [0.5, 0.6) is 0 Å². The fourth-order valence-electron chi connectivity index (χ4n) is 3.62. The molecule has 5 nitrogen and oxygen atoms in total. The van der Waals surface area contributed by atoms with Crippen LogP contribution < -0.4 is 0 Å². The number of aromatic nitrogens is 2. The number of aromatic amines is 1. The minimum Gasteiger partial charge on any atom is -0.334 e. The Balaban J connectivity index is 1.49. The molecule has 0 radical (unpaired) electrons. The lowest BCUT2D eigenvalue weighted by atomic mass is 9.99. The first-order valence-corrected chi connectivity index (χ1v) is 8.80. The van der Waals surface area contributed by atoms with Crippen molar-refractivity contribution in [3.05, 3.63) is 15.9 Å². The lowest BCUT2D eigenvalue weighted by Gasteiger charge is -2.43. The number of hydrogen-bond donors (Lipinski definition) is 1. The summed E-state index contributed by atoms with van der Waals surface area (Å²) in [6.45, 7) is 3.89. The highest BCUT2D eigenvalue weighted by Crippen LogP contribution is 2.43. The van der Waals surface area contributed by atoms with Crippen LogP contribution in [-0.2, 0) is 0 Å². The molecule has 1 aromatic rings. The largest absolute Gasteiger partial charge is 0.334 e. The van der Waals surface area contributed by atoms with Gasteiger partial charge in [0.2, 0.25) is 0 Å². The molecule has 1 aliphatic carbocycles. The Kier molecular flexibility index (Phi) is 3.53. The van der Waals surface area contributed by atoms with E-state index in [0.717, 1.165) is 29.8 Å². The van der Waals surface area contributed by atoms with E-state index in [9.17, 15) is 4.79 Å². The topological polar surface area (TPSA) is 52.2 Å². The summed E-state index contributed by atoms with van der Waals surface area (Å²) in [4.78, 5) is 17.3. The van der Waals surface area contributed by atoms with Gasteiger partial charge in [0.05, 0.1) is 10.2 Å². The van der Waals surface area contributed by atoms with Crippen molar-refractivity contribution in [2.24, 2.45) is 0 Å². The minimum atomic E-state index is 0.0789. The van der Waals surface area contributed by atoms with Crippen molar-refractivity contribution in [1.29, 1.82) is 0 Å². The van der Waals surface area contributed by atoms with E-state index in [2.05, 4.69) is 31.0 Å². The molecule has 1 N–H and O–H groups in total. The van der Waals surface area contributed by atoms with E-state index in [0.29, 0.717) is 17.7 Å². The van der Waals surface area contributed by atoms with E-state index >= 15 is 0 Å². The Morgan fingerprint density at radius 2 is 2.05 bits per heavy atom. The lowest BCUT2D eigenvalue weighted by molar-refractivity contribution is 0.0367. The maximum absolute atomic E-state index is 12.7. The van der Waals surface area contributed by atoms with E-state index in [1.54, 1.807) is 0 Å². The molecular formula is C15H21BrN4O. The molecule has 114 valence electrons. The number of amides is 1. The SMILES string of the molecule is O=C(c1n[nH]c(C2CC2)c1Br)N1CCN2CCCCC2C1. The molecule has 6 heteroatoms. The molecule has 2 saturated heterocycles. The van der Waals surface area contributed by atoms with E-state index in [-0.39, 0.29) is 5.91 Å². The molecule has 1 amide bonds. The first-order valence-electron chi connectivity index (χ1n) is 8.01. The van der Waals surface area contributed by atoms with Crippen LogP contribution >= 0.6 is 15.9 Å². The molecule has 3 fully saturated rings. The van der Waals surface area contributed by atoms with Gasteiger partial charge in [-0.2, -0.15) is 5.10 Å². The zero-order chi connectivity index (χ0) is 14.4. The lowest BCUT2D eigenvalue weighted by Crippen LogP contribution is -2.56. The fourth-order valence-corrected chi connectivity index (χ4v) is 4.29. The average molecular weight is 353 g/mol. The Bertz CT molecular complexity index is 554. The number of carbonyl (C=O) groups excluding carboxylic acids is 1. The smallest absolute Gasteiger partial charge is 0.275 e. The molecule has 1 atom stereocenters. The van der Waals surface area contributed by atoms with Crippen LogP contribution in [-0.4, -0.2) is 58.1 Å². The number of piperazine rings is 1. The Hall–Kier alpha value is -0.880. The van der Waals surface area contributed by atoms with Gasteiger partial charge in [-0.15, -0.1) is 0 Å². The van der Waals surface area contributed by atoms with Crippen molar-refractivity contribution in [3.8, 4) is 0 Å². The van der Waals surface area contributed by atoms with E-state index in [1.165, 1.54) is 38.6 Å². The highest BCUT2D eigenvalue weighted by atomic mass is 79.9. The van der Waals surface area contributed by atoms with Crippen molar-refractivity contribution in [1.82, 2.24) is 20.0 Å². The predicted molar refractivity (Wildman–Crippen MR) is 83.4 cm³/mol. The van der Waals surface area contributed by atoms with Crippen molar-refractivity contribution in [2.45, 2.75) is 44.1 Å². The number of rotatable bonds is 2. The van der Waals surface area contributed by atoms with Crippen molar-refractivity contribution >= 4 is 21.8 Å². The molecule has 1 aromatic heterocycles. The second-order valence-electron chi connectivity index (χ2n) is 6.51. The molecule has 0 bridgehead atoms. The first kappa shape index (κ1) is 13.8. The number of H-pyrrole nitrogens is 1. The molecule has 1 saturated carbocycles. The van der Waals surface area contributed by atoms with Crippen molar-refractivity contribution in [3.63, 3.8) is 0 Å². The zero-order valence-corrected chi connectivity index (χ0v) is 13.7. The summed E-state index contributed by atoms with van der Waals surface area (Å²) >= 11 is 3.58. The zero-order valence-electron chi connectivity index (χ0n) is 12.1. The molecule has 0 aromatic carbocycles. The van der Waals surface area contributed by atoms with Crippen LogP contribution in [0.3, 0.4) is 0 Å².